The van der Waals surface area contributed by atoms with Crippen molar-refractivity contribution in [2.75, 3.05) is 13.2 Å². The van der Waals surface area contributed by atoms with Crippen molar-refractivity contribution in [3.63, 3.8) is 0 Å². The van der Waals surface area contributed by atoms with Gasteiger partial charge in [-0.2, -0.15) is 0 Å². The highest BCUT2D eigenvalue weighted by atomic mass is 16.5. The summed E-state index contributed by atoms with van der Waals surface area (Å²) in [5.74, 6) is -0.110. The van der Waals surface area contributed by atoms with Crippen molar-refractivity contribution < 1.29 is 24.5 Å². The van der Waals surface area contributed by atoms with Crippen LogP contribution in [0.4, 0.5) is 0 Å². The minimum absolute atomic E-state index is 0.0238. The Morgan fingerprint density at radius 1 is 0.450 bits per heavy atom. The largest absolute Gasteiger partial charge is 0.466 e. The van der Waals surface area contributed by atoms with E-state index in [2.05, 4.69) is 31.3 Å². The van der Waals surface area contributed by atoms with Crippen LogP contribution in [0, 0.1) is 0 Å². The molecular formula is C54H103NO5. The van der Waals surface area contributed by atoms with Crippen LogP contribution in [0.15, 0.2) is 24.3 Å². The topological polar surface area (TPSA) is 95.9 Å². The van der Waals surface area contributed by atoms with Crippen molar-refractivity contribution in [2.45, 2.75) is 296 Å². The SMILES string of the molecule is CCCCCCC/C=C\CCCCCCCC(=O)OCCCCCCCCCCCCCC(=O)NC(CO)C(O)/C=C/CCCCCCCCCCCCCCCCCC. The molecule has 0 aromatic rings. The first kappa shape index (κ1) is 58.3. The molecule has 0 aromatic carbocycles. The summed E-state index contributed by atoms with van der Waals surface area (Å²) in [6, 6.07) is -0.642. The number of amides is 1. The molecule has 354 valence electrons. The van der Waals surface area contributed by atoms with Crippen LogP contribution in [0.3, 0.4) is 0 Å². The summed E-state index contributed by atoms with van der Waals surface area (Å²) in [5.41, 5.74) is 0. The van der Waals surface area contributed by atoms with E-state index in [9.17, 15) is 19.8 Å². The quantitative estimate of drug-likeness (QED) is 0.0322. The summed E-state index contributed by atoms with van der Waals surface area (Å²) >= 11 is 0. The minimum Gasteiger partial charge on any atom is -0.466 e. The molecule has 0 spiro atoms. The summed E-state index contributed by atoms with van der Waals surface area (Å²) < 4.78 is 5.45. The zero-order chi connectivity index (χ0) is 43.7. The molecule has 0 aliphatic rings. The van der Waals surface area contributed by atoms with Gasteiger partial charge in [0.1, 0.15) is 0 Å². The Kier molecular flexibility index (Phi) is 48.6. The number of hydrogen-bond donors (Lipinski definition) is 3. The summed E-state index contributed by atoms with van der Waals surface area (Å²) in [6.07, 6.45) is 58.9. The van der Waals surface area contributed by atoms with Gasteiger partial charge in [0.15, 0.2) is 0 Å². The van der Waals surface area contributed by atoms with Gasteiger partial charge in [0, 0.05) is 12.8 Å². The maximum atomic E-state index is 12.4. The van der Waals surface area contributed by atoms with E-state index >= 15 is 0 Å². The fraction of sp³-hybridized carbons (Fsp3) is 0.889. The molecule has 6 nitrogen and oxygen atoms in total. The molecule has 0 radical (unpaired) electrons. The van der Waals surface area contributed by atoms with Gasteiger partial charge in [0.2, 0.25) is 5.91 Å². The van der Waals surface area contributed by atoms with Gasteiger partial charge in [0.25, 0.3) is 0 Å². The lowest BCUT2D eigenvalue weighted by Gasteiger charge is -2.20. The Bertz CT molecular complexity index is 935. The number of hydrogen-bond acceptors (Lipinski definition) is 5. The van der Waals surface area contributed by atoms with Crippen LogP contribution in [-0.2, 0) is 14.3 Å². The Hall–Kier alpha value is -1.66. The van der Waals surface area contributed by atoms with E-state index in [4.69, 9.17) is 4.74 Å². The van der Waals surface area contributed by atoms with E-state index in [1.807, 2.05) is 6.08 Å². The van der Waals surface area contributed by atoms with Crippen molar-refractivity contribution in [3.8, 4) is 0 Å². The Balaban J connectivity index is 3.51. The maximum absolute atomic E-state index is 12.4. The standard InChI is InChI=1S/C54H103NO5/c1-3-5-7-9-11-13-15-17-19-20-21-22-23-26-30-34-38-42-46-52(57)51(50-56)55-53(58)47-43-39-35-31-27-25-29-33-37-41-45-49-60-54(59)48-44-40-36-32-28-24-18-16-14-12-10-8-6-4-2/h16,18,42,46,51-52,56-57H,3-15,17,19-41,43-45,47-50H2,1-2H3,(H,55,58)/b18-16-,46-42+. The second-order valence-electron chi connectivity index (χ2n) is 18.2. The van der Waals surface area contributed by atoms with Crippen molar-refractivity contribution in [3.05, 3.63) is 24.3 Å². The van der Waals surface area contributed by atoms with Gasteiger partial charge in [-0.1, -0.05) is 237 Å². The lowest BCUT2D eigenvalue weighted by Crippen LogP contribution is -2.45. The fourth-order valence-corrected chi connectivity index (χ4v) is 8.10. The van der Waals surface area contributed by atoms with Crippen LogP contribution in [0.2, 0.25) is 0 Å². The van der Waals surface area contributed by atoms with Crippen LogP contribution in [-0.4, -0.2) is 47.4 Å². The van der Waals surface area contributed by atoms with Gasteiger partial charge in [-0.05, 0) is 57.8 Å². The molecule has 3 N–H and O–H groups in total. The third-order valence-electron chi connectivity index (χ3n) is 12.2. The molecule has 0 bridgehead atoms. The van der Waals surface area contributed by atoms with Crippen molar-refractivity contribution in [2.24, 2.45) is 0 Å². The third kappa shape index (κ3) is 45.9. The number of rotatable bonds is 49. The lowest BCUT2D eigenvalue weighted by atomic mass is 10.0. The van der Waals surface area contributed by atoms with E-state index in [1.165, 1.54) is 199 Å². The number of esters is 1. The fourth-order valence-electron chi connectivity index (χ4n) is 8.10. The number of allylic oxidation sites excluding steroid dienone is 3. The molecule has 60 heavy (non-hydrogen) atoms. The molecule has 0 aliphatic heterocycles. The van der Waals surface area contributed by atoms with Gasteiger partial charge in [0.05, 0.1) is 25.4 Å². The zero-order valence-corrected chi connectivity index (χ0v) is 40.2. The van der Waals surface area contributed by atoms with E-state index in [0.29, 0.717) is 19.4 Å². The first-order chi connectivity index (χ1) is 29.5. The number of nitrogens with one attached hydrogen (secondary N) is 1. The maximum Gasteiger partial charge on any atom is 0.305 e. The monoisotopic (exact) mass is 846 g/mol. The molecule has 0 aromatic heterocycles. The lowest BCUT2D eigenvalue weighted by molar-refractivity contribution is -0.143. The summed E-state index contributed by atoms with van der Waals surface area (Å²) in [6.45, 7) is 4.85. The molecule has 0 heterocycles. The van der Waals surface area contributed by atoms with Gasteiger partial charge >= 0.3 is 5.97 Å². The van der Waals surface area contributed by atoms with E-state index in [0.717, 1.165) is 57.8 Å². The zero-order valence-electron chi connectivity index (χ0n) is 40.2. The average Bonchev–Trinajstić information content (AvgIpc) is 3.25. The number of carbonyl (C=O) groups is 2. The summed E-state index contributed by atoms with van der Waals surface area (Å²) in [7, 11) is 0. The van der Waals surface area contributed by atoms with Gasteiger partial charge in [-0.3, -0.25) is 9.59 Å². The van der Waals surface area contributed by atoms with E-state index in [-0.39, 0.29) is 18.5 Å². The molecule has 6 heteroatoms. The first-order valence-electron chi connectivity index (χ1n) is 26.6. The molecule has 0 aliphatic carbocycles. The normalized spacial score (nSPS) is 12.8. The van der Waals surface area contributed by atoms with Crippen LogP contribution in [0.25, 0.3) is 0 Å². The number of aliphatic hydroxyl groups is 2. The van der Waals surface area contributed by atoms with Crippen molar-refractivity contribution in [1.82, 2.24) is 5.32 Å². The molecule has 0 saturated carbocycles. The van der Waals surface area contributed by atoms with Gasteiger partial charge < -0.3 is 20.3 Å². The summed E-state index contributed by atoms with van der Waals surface area (Å²) in [5, 5.41) is 23.1. The highest BCUT2D eigenvalue weighted by Crippen LogP contribution is 2.16. The minimum atomic E-state index is -0.857. The number of aliphatic hydroxyl groups excluding tert-OH is 2. The Labute approximate surface area is 373 Å². The molecular weight excluding hydrogens is 743 g/mol. The second-order valence-corrected chi connectivity index (χ2v) is 18.2. The van der Waals surface area contributed by atoms with Crippen LogP contribution in [0.5, 0.6) is 0 Å². The van der Waals surface area contributed by atoms with E-state index in [1.54, 1.807) is 6.08 Å². The predicted octanol–water partition coefficient (Wildman–Crippen LogP) is 15.9. The molecule has 0 rings (SSSR count). The Morgan fingerprint density at radius 2 is 0.783 bits per heavy atom. The highest BCUT2D eigenvalue weighted by molar-refractivity contribution is 5.76. The van der Waals surface area contributed by atoms with Crippen LogP contribution >= 0.6 is 0 Å². The number of unbranched alkanes of at least 4 members (excludes halogenated alkanes) is 36. The van der Waals surface area contributed by atoms with Crippen LogP contribution < -0.4 is 5.32 Å². The predicted molar refractivity (Wildman–Crippen MR) is 260 cm³/mol. The van der Waals surface area contributed by atoms with E-state index < -0.39 is 12.1 Å². The highest BCUT2D eigenvalue weighted by Gasteiger charge is 2.18. The number of carbonyl (C=O) groups excluding carboxylic acids is 2. The average molecular weight is 846 g/mol. The summed E-state index contributed by atoms with van der Waals surface area (Å²) in [4.78, 5) is 24.5. The molecule has 1 amide bonds. The van der Waals surface area contributed by atoms with Gasteiger partial charge in [-0.25, -0.2) is 0 Å². The molecule has 2 atom stereocenters. The molecule has 2 unspecified atom stereocenters. The third-order valence-corrected chi connectivity index (χ3v) is 12.2. The smallest absolute Gasteiger partial charge is 0.305 e. The Morgan fingerprint density at radius 3 is 1.18 bits per heavy atom. The molecule has 0 saturated heterocycles. The van der Waals surface area contributed by atoms with Crippen molar-refractivity contribution in [1.29, 1.82) is 0 Å². The first-order valence-corrected chi connectivity index (χ1v) is 26.6. The second kappa shape index (κ2) is 50.0. The van der Waals surface area contributed by atoms with Crippen LogP contribution in [0.1, 0.15) is 284 Å². The van der Waals surface area contributed by atoms with Crippen molar-refractivity contribution >= 4 is 11.9 Å². The van der Waals surface area contributed by atoms with Gasteiger partial charge in [-0.15, -0.1) is 0 Å². The molecule has 0 fully saturated rings. The number of ether oxygens (including phenoxy) is 1.